The Morgan fingerprint density at radius 2 is 2.12 bits per heavy atom. The van der Waals surface area contributed by atoms with Crippen molar-refractivity contribution < 1.29 is 13.2 Å². The fourth-order valence-corrected chi connectivity index (χ4v) is 2.13. The maximum Gasteiger partial charge on any atom is 0.240 e. The van der Waals surface area contributed by atoms with Gasteiger partial charge >= 0.3 is 0 Å². The predicted octanol–water partition coefficient (Wildman–Crippen LogP) is -0.0746. The third-order valence-corrected chi connectivity index (χ3v) is 5.46. The van der Waals surface area contributed by atoms with Crippen LogP contribution in [0.3, 0.4) is 0 Å². The van der Waals surface area contributed by atoms with Crippen molar-refractivity contribution in [1.29, 1.82) is 0 Å². The van der Waals surface area contributed by atoms with Gasteiger partial charge in [-0.1, -0.05) is 0 Å². The number of piperidine rings is 1. The molecule has 1 atom stereocenters. The van der Waals surface area contributed by atoms with Gasteiger partial charge in [0.25, 0.3) is 0 Å². The van der Waals surface area contributed by atoms with Gasteiger partial charge in [-0.15, -0.1) is 0 Å². The normalized spacial score (nSPS) is 22.2. The molecule has 0 saturated carbocycles. The number of nitrogens with one attached hydrogen (secondary N) is 2. The molecule has 0 aromatic carbocycles. The molecule has 2 N–H and O–H groups in total. The molecule has 1 saturated heterocycles. The van der Waals surface area contributed by atoms with E-state index in [2.05, 4.69) is 10.6 Å². The summed E-state index contributed by atoms with van der Waals surface area (Å²) in [5.74, 6) is -0.00589. The van der Waals surface area contributed by atoms with Crippen LogP contribution in [0.25, 0.3) is 0 Å². The Bertz CT molecular complexity index is 370. The van der Waals surface area contributed by atoms with Crippen molar-refractivity contribution in [3.05, 3.63) is 0 Å². The van der Waals surface area contributed by atoms with Gasteiger partial charge in [0.1, 0.15) is 4.75 Å². The third-order valence-electron chi connectivity index (χ3n) is 3.42. The standard InChI is InChI=1S/C11H22N2O3S/c1-11(2,17(3,15)16)10(14)13-8-9-5-4-6-12-7-9/h9,12H,4-8H2,1-3H3,(H,13,14). The van der Waals surface area contributed by atoms with E-state index in [-0.39, 0.29) is 0 Å². The second kappa shape index (κ2) is 5.35. The van der Waals surface area contributed by atoms with Crippen molar-refractivity contribution >= 4 is 15.7 Å². The minimum Gasteiger partial charge on any atom is -0.354 e. The van der Waals surface area contributed by atoms with E-state index in [1.54, 1.807) is 0 Å². The zero-order chi connectivity index (χ0) is 13.1. The fourth-order valence-electron chi connectivity index (χ4n) is 1.72. The van der Waals surface area contributed by atoms with Gasteiger partial charge in [-0.2, -0.15) is 0 Å². The van der Waals surface area contributed by atoms with Crippen molar-refractivity contribution in [2.75, 3.05) is 25.9 Å². The van der Waals surface area contributed by atoms with Gasteiger partial charge in [0.05, 0.1) is 0 Å². The molecule has 1 rings (SSSR count). The molecule has 17 heavy (non-hydrogen) atoms. The Hall–Kier alpha value is -0.620. The van der Waals surface area contributed by atoms with Crippen molar-refractivity contribution in [1.82, 2.24) is 10.6 Å². The summed E-state index contributed by atoms with van der Waals surface area (Å²) in [7, 11) is -3.38. The fraction of sp³-hybridized carbons (Fsp3) is 0.909. The van der Waals surface area contributed by atoms with Crippen LogP contribution in [-0.4, -0.2) is 45.0 Å². The highest BCUT2D eigenvalue weighted by Crippen LogP contribution is 2.16. The molecule has 5 nitrogen and oxygen atoms in total. The number of carbonyl (C=O) groups excluding carboxylic acids is 1. The van der Waals surface area contributed by atoms with Crippen LogP contribution in [0.5, 0.6) is 0 Å². The van der Waals surface area contributed by atoms with Crippen molar-refractivity contribution in [2.45, 2.75) is 31.4 Å². The average Bonchev–Trinajstić information content (AvgIpc) is 2.25. The Kier molecular flexibility index (Phi) is 4.55. The van der Waals surface area contributed by atoms with E-state index in [0.29, 0.717) is 12.5 Å². The molecule has 1 fully saturated rings. The van der Waals surface area contributed by atoms with Gasteiger partial charge in [-0.05, 0) is 45.7 Å². The Labute approximate surface area is 103 Å². The van der Waals surface area contributed by atoms with Crippen LogP contribution in [0.1, 0.15) is 26.7 Å². The van der Waals surface area contributed by atoms with Crippen LogP contribution in [0.15, 0.2) is 0 Å². The number of hydrogen-bond acceptors (Lipinski definition) is 4. The summed E-state index contributed by atoms with van der Waals surface area (Å²) >= 11 is 0. The van der Waals surface area contributed by atoms with Crippen molar-refractivity contribution in [3.8, 4) is 0 Å². The maximum absolute atomic E-state index is 11.8. The maximum atomic E-state index is 11.8. The molecule has 0 spiro atoms. The van der Waals surface area contributed by atoms with E-state index in [9.17, 15) is 13.2 Å². The molecular formula is C11H22N2O3S. The number of amides is 1. The Morgan fingerprint density at radius 1 is 1.47 bits per heavy atom. The van der Waals surface area contributed by atoms with E-state index in [4.69, 9.17) is 0 Å². The Balaban J connectivity index is 2.49. The van der Waals surface area contributed by atoms with Crippen LogP contribution >= 0.6 is 0 Å². The number of rotatable bonds is 4. The molecule has 1 unspecified atom stereocenters. The molecule has 0 bridgehead atoms. The second-order valence-electron chi connectivity index (χ2n) is 5.20. The molecule has 100 valence electrons. The largest absolute Gasteiger partial charge is 0.354 e. The topological polar surface area (TPSA) is 75.3 Å². The summed E-state index contributed by atoms with van der Waals surface area (Å²) in [4.78, 5) is 11.8. The van der Waals surface area contributed by atoms with E-state index in [0.717, 1.165) is 32.2 Å². The first-order chi connectivity index (χ1) is 7.75. The van der Waals surface area contributed by atoms with E-state index < -0.39 is 20.5 Å². The summed E-state index contributed by atoms with van der Waals surface area (Å²) in [6.45, 7) is 5.34. The predicted molar refractivity (Wildman–Crippen MR) is 67.5 cm³/mol. The number of sulfone groups is 1. The van der Waals surface area contributed by atoms with Crippen LogP contribution in [-0.2, 0) is 14.6 Å². The summed E-state index contributed by atoms with van der Waals surface area (Å²) < 4.78 is 21.6. The zero-order valence-corrected chi connectivity index (χ0v) is 11.6. The highest BCUT2D eigenvalue weighted by atomic mass is 32.2. The summed E-state index contributed by atoms with van der Waals surface area (Å²) in [6.07, 6.45) is 3.28. The molecule has 0 radical (unpaired) electrons. The minimum absolute atomic E-state index is 0.406. The average molecular weight is 262 g/mol. The molecule has 1 amide bonds. The summed E-state index contributed by atoms with van der Waals surface area (Å²) in [5, 5.41) is 6.00. The first kappa shape index (κ1) is 14.4. The van der Waals surface area contributed by atoms with Crippen LogP contribution in [0.2, 0.25) is 0 Å². The van der Waals surface area contributed by atoms with Crippen LogP contribution < -0.4 is 10.6 Å². The van der Waals surface area contributed by atoms with Gasteiger partial charge in [0, 0.05) is 12.8 Å². The first-order valence-electron chi connectivity index (χ1n) is 5.94. The van der Waals surface area contributed by atoms with E-state index in [1.807, 2.05) is 0 Å². The number of carbonyl (C=O) groups is 1. The second-order valence-corrected chi connectivity index (χ2v) is 7.77. The third kappa shape index (κ3) is 3.67. The zero-order valence-electron chi connectivity index (χ0n) is 10.7. The minimum atomic E-state index is -3.38. The van der Waals surface area contributed by atoms with Gasteiger partial charge in [-0.25, -0.2) is 8.42 Å². The SMILES string of the molecule is CC(C)(C(=O)NCC1CCCNC1)S(C)(=O)=O. The van der Waals surface area contributed by atoms with Gasteiger partial charge in [0.15, 0.2) is 9.84 Å². The lowest BCUT2D eigenvalue weighted by molar-refractivity contribution is -0.123. The summed E-state index contributed by atoms with van der Waals surface area (Å²) in [5.41, 5.74) is 0. The van der Waals surface area contributed by atoms with Gasteiger partial charge in [-0.3, -0.25) is 4.79 Å². The molecular weight excluding hydrogens is 240 g/mol. The van der Waals surface area contributed by atoms with E-state index >= 15 is 0 Å². The molecule has 0 aromatic heterocycles. The molecule has 1 aliphatic rings. The smallest absolute Gasteiger partial charge is 0.240 e. The van der Waals surface area contributed by atoms with Crippen LogP contribution in [0, 0.1) is 5.92 Å². The summed E-state index contributed by atoms with van der Waals surface area (Å²) in [6, 6.07) is 0. The molecule has 6 heteroatoms. The van der Waals surface area contributed by atoms with E-state index in [1.165, 1.54) is 13.8 Å². The molecule has 0 aromatic rings. The molecule has 1 heterocycles. The number of hydrogen-bond donors (Lipinski definition) is 2. The lowest BCUT2D eigenvalue weighted by Gasteiger charge is -2.26. The van der Waals surface area contributed by atoms with Crippen molar-refractivity contribution in [3.63, 3.8) is 0 Å². The Morgan fingerprint density at radius 3 is 2.59 bits per heavy atom. The first-order valence-corrected chi connectivity index (χ1v) is 7.83. The van der Waals surface area contributed by atoms with Gasteiger partial charge in [0.2, 0.25) is 5.91 Å². The highest BCUT2D eigenvalue weighted by molar-refractivity contribution is 7.92. The monoisotopic (exact) mass is 262 g/mol. The quantitative estimate of drug-likeness (QED) is 0.743. The van der Waals surface area contributed by atoms with Crippen molar-refractivity contribution in [2.24, 2.45) is 5.92 Å². The van der Waals surface area contributed by atoms with Crippen LogP contribution in [0.4, 0.5) is 0 Å². The highest BCUT2D eigenvalue weighted by Gasteiger charge is 2.38. The lowest BCUT2D eigenvalue weighted by Crippen LogP contribution is -2.49. The van der Waals surface area contributed by atoms with Gasteiger partial charge < -0.3 is 10.6 Å². The molecule has 0 aliphatic carbocycles. The molecule has 1 aliphatic heterocycles. The lowest BCUT2D eigenvalue weighted by atomic mass is 9.99.